The standard InChI is InChI=1S/C14H17ClN2O/c1-8(16)6-11-7-10-4-5-12(15)9(2)13(10)17(3)14(11)18/h4-5,7-8H,6,16H2,1-3H3. The van der Waals surface area contributed by atoms with E-state index < -0.39 is 0 Å². The van der Waals surface area contributed by atoms with Crippen molar-refractivity contribution in [2.24, 2.45) is 12.8 Å². The van der Waals surface area contributed by atoms with Crippen LogP contribution in [0.2, 0.25) is 5.02 Å². The van der Waals surface area contributed by atoms with Gasteiger partial charge in [0.2, 0.25) is 0 Å². The zero-order valence-electron chi connectivity index (χ0n) is 10.8. The second-order valence-corrected chi connectivity index (χ2v) is 5.23. The van der Waals surface area contributed by atoms with E-state index in [2.05, 4.69) is 0 Å². The van der Waals surface area contributed by atoms with Crippen molar-refractivity contribution in [3.8, 4) is 0 Å². The van der Waals surface area contributed by atoms with Crippen LogP contribution in [-0.4, -0.2) is 10.6 Å². The molecule has 1 heterocycles. The molecule has 18 heavy (non-hydrogen) atoms. The predicted molar refractivity (Wildman–Crippen MR) is 76.3 cm³/mol. The number of hydrogen-bond acceptors (Lipinski definition) is 2. The van der Waals surface area contributed by atoms with Gasteiger partial charge < -0.3 is 10.3 Å². The molecule has 1 unspecified atom stereocenters. The van der Waals surface area contributed by atoms with E-state index in [0.717, 1.165) is 22.0 Å². The minimum atomic E-state index is -0.0245. The molecule has 0 spiro atoms. The average Bonchev–Trinajstić information content (AvgIpc) is 2.29. The van der Waals surface area contributed by atoms with Gasteiger partial charge >= 0.3 is 0 Å². The van der Waals surface area contributed by atoms with Crippen molar-refractivity contribution in [3.05, 3.63) is 44.7 Å². The first-order valence-electron chi connectivity index (χ1n) is 5.95. The Balaban J connectivity index is 2.79. The van der Waals surface area contributed by atoms with Gasteiger partial charge in [-0.05, 0) is 43.4 Å². The number of halogens is 1. The molecular formula is C14H17ClN2O. The van der Waals surface area contributed by atoms with Gasteiger partial charge in [-0.15, -0.1) is 0 Å². The summed E-state index contributed by atoms with van der Waals surface area (Å²) in [6.07, 6.45) is 0.588. The molecule has 0 radical (unpaired) electrons. The molecule has 1 atom stereocenters. The average molecular weight is 265 g/mol. The van der Waals surface area contributed by atoms with Crippen LogP contribution in [-0.2, 0) is 13.5 Å². The highest BCUT2D eigenvalue weighted by Gasteiger charge is 2.11. The summed E-state index contributed by atoms with van der Waals surface area (Å²) < 4.78 is 1.66. The third-order valence-electron chi connectivity index (χ3n) is 3.18. The van der Waals surface area contributed by atoms with Gasteiger partial charge in [-0.25, -0.2) is 0 Å². The third kappa shape index (κ3) is 2.16. The molecular weight excluding hydrogens is 248 g/mol. The maximum Gasteiger partial charge on any atom is 0.254 e. The first kappa shape index (κ1) is 13.1. The SMILES string of the molecule is Cc1c(Cl)ccc2cc(CC(C)N)c(=O)n(C)c12. The maximum absolute atomic E-state index is 12.2. The Kier molecular flexibility index (Phi) is 3.46. The molecule has 1 aromatic carbocycles. The molecule has 0 saturated heterocycles. The van der Waals surface area contributed by atoms with Gasteiger partial charge in [-0.1, -0.05) is 17.7 Å². The number of benzene rings is 1. The number of nitrogens with two attached hydrogens (primary N) is 1. The number of fused-ring (bicyclic) bond motifs is 1. The minimum absolute atomic E-state index is 0.00478. The number of hydrogen-bond donors (Lipinski definition) is 1. The van der Waals surface area contributed by atoms with Crippen LogP contribution in [0, 0.1) is 6.92 Å². The second-order valence-electron chi connectivity index (χ2n) is 4.83. The highest BCUT2D eigenvalue weighted by atomic mass is 35.5. The van der Waals surface area contributed by atoms with Crippen LogP contribution in [0.25, 0.3) is 10.9 Å². The van der Waals surface area contributed by atoms with E-state index in [-0.39, 0.29) is 11.6 Å². The molecule has 1 aromatic heterocycles. The van der Waals surface area contributed by atoms with E-state index in [1.54, 1.807) is 11.6 Å². The molecule has 96 valence electrons. The van der Waals surface area contributed by atoms with Gasteiger partial charge in [0.25, 0.3) is 5.56 Å². The molecule has 2 rings (SSSR count). The molecule has 0 aliphatic rings. The number of rotatable bonds is 2. The van der Waals surface area contributed by atoms with Gasteiger partial charge in [0.1, 0.15) is 0 Å². The highest BCUT2D eigenvalue weighted by Crippen LogP contribution is 2.24. The molecule has 4 heteroatoms. The normalized spacial score (nSPS) is 12.9. The van der Waals surface area contributed by atoms with Crippen LogP contribution in [0.15, 0.2) is 23.0 Å². The summed E-state index contributed by atoms with van der Waals surface area (Å²) in [6.45, 7) is 3.83. The Morgan fingerprint density at radius 3 is 2.72 bits per heavy atom. The van der Waals surface area contributed by atoms with E-state index in [4.69, 9.17) is 17.3 Å². The number of aryl methyl sites for hydroxylation is 2. The van der Waals surface area contributed by atoms with Gasteiger partial charge in [0.05, 0.1) is 5.52 Å². The van der Waals surface area contributed by atoms with E-state index >= 15 is 0 Å². The smallest absolute Gasteiger partial charge is 0.254 e. The van der Waals surface area contributed by atoms with Gasteiger partial charge in [0, 0.05) is 23.7 Å². The molecule has 2 aromatic rings. The summed E-state index contributed by atoms with van der Waals surface area (Å²) in [5, 5.41) is 1.70. The quantitative estimate of drug-likeness (QED) is 0.905. The maximum atomic E-state index is 12.2. The van der Waals surface area contributed by atoms with Crippen LogP contribution >= 0.6 is 11.6 Å². The Bertz CT molecular complexity index is 659. The van der Waals surface area contributed by atoms with E-state index in [9.17, 15) is 4.79 Å². The van der Waals surface area contributed by atoms with Crippen LogP contribution in [0.3, 0.4) is 0 Å². The Labute approximate surface area is 111 Å². The minimum Gasteiger partial charge on any atom is -0.328 e. The molecule has 0 aliphatic carbocycles. The van der Waals surface area contributed by atoms with Crippen molar-refractivity contribution in [2.45, 2.75) is 26.3 Å². The molecule has 3 nitrogen and oxygen atoms in total. The summed E-state index contributed by atoms with van der Waals surface area (Å²) in [5.41, 5.74) is 8.35. The van der Waals surface area contributed by atoms with Crippen molar-refractivity contribution in [1.82, 2.24) is 4.57 Å². The van der Waals surface area contributed by atoms with Crippen molar-refractivity contribution in [3.63, 3.8) is 0 Å². The van der Waals surface area contributed by atoms with Crippen molar-refractivity contribution in [2.75, 3.05) is 0 Å². The molecule has 0 fully saturated rings. The Morgan fingerprint density at radius 2 is 2.11 bits per heavy atom. The number of nitrogens with zero attached hydrogens (tertiary/aromatic N) is 1. The van der Waals surface area contributed by atoms with Gasteiger partial charge in [-0.3, -0.25) is 4.79 Å². The second kappa shape index (κ2) is 4.75. The van der Waals surface area contributed by atoms with Crippen LogP contribution in [0.5, 0.6) is 0 Å². The fourth-order valence-electron chi connectivity index (χ4n) is 2.32. The highest BCUT2D eigenvalue weighted by molar-refractivity contribution is 6.32. The topological polar surface area (TPSA) is 48.0 Å². The Morgan fingerprint density at radius 1 is 1.44 bits per heavy atom. The first-order chi connectivity index (χ1) is 8.41. The first-order valence-corrected chi connectivity index (χ1v) is 6.33. The van der Waals surface area contributed by atoms with Crippen molar-refractivity contribution >= 4 is 22.5 Å². The van der Waals surface area contributed by atoms with Gasteiger partial charge in [0.15, 0.2) is 0 Å². The van der Waals surface area contributed by atoms with E-state index in [0.29, 0.717) is 11.4 Å². The lowest BCUT2D eigenvalue weighted by molar-refractivity contribution is 0.722. The molecule has 2 N–H and O–H groups in total. The lowest BCUT2D eigenvalue weighted by Crippen LogP contribution is -2.27. The molecule has 0 amide bonds. The van der Waals surface area contributed by atoms with E-state index in [1.807, 2.05) is 32.0 Å². The summed E-state index contributed by atoms with van der Waals surface area (Å²) in [6, 6.07) is 5.70. The molecule has 0 aliphatic heterocycles. The van der Waals surface area contributed by atoms with Crippen LogP contribution < -0.4 is 11.3 Å². The summed E-state index contributed by atoms with van der Waals surface area (Å²) in [7, 11) is 1.78. The Hall–Kier alpha value is -1.32. The summed E-state index contributed by atoms with van der Waals surface area (Å²) in [4.78, 5) is 12.2. The lowest BCUT2D eigenvalue weighted by Gasteiger charge is -2.13. The molecule has 0 bridgehead atoms. The van der Waals surface area contributed by atoms with Gasteiger partial charge in [-0.2, -0.15) is 0 Å². The summed E-state index contributed by atoms with van der Waals surface area (Å²) in [5.74, 6) is 0. The number of pyridine rings is 1. The van der Waals surface area contributed by atoms with E-state index in [1.165, 1.54) is 0 Å². The van der Waals surface area contributed by atoms with Crippen molar-refractivity contribution < 1.29 is 0 Å². The zero-order chi connectivity index (χ0) is 13.4. The number of aromatic nitrogens is 1. The summed E-state index contributed by atoms with van der Waals surface area (Å²) >= 11 is 6.10. The lowest BCUT2D eigenvalue weighted by atomic mass is 10.0. The third-order valence-corrected chi connectivity index (χ3v) is 3.59. The largest absolute Gasteiger partial charge is 0.328 e. The van der Waals surface area contributed by atoms with Crippen LogP contribution in [0.1, 0.15) is 18.1 Å². The predicted octanol–water partition coefficient (Wildman–Crippen LogP) is 2.39. The van der Waals surface area contributed by atoms with Crippen molar-refractivity contribution in [1.29, 1.82) is 0 Å². The molecule has 0 saturated carbocycles. The zero-order valence-corrected chi connectivity index (χ0v) is 11.6. The van der Waals surface area contributed by atoms with Crippen LogP contribution in [0.4, 0.5) is 0 Å². The fraction of sp³-hybridized carbons (Fsp3) is 0.357. The monoisotopic (exact) mass is 264 g/mol. The fourth-order valence-corrected chi connectivity index (χ4v) is 2.47.